The zero-order valence-electron chi connectivity index (χ0n) is 11.7. The number of ether oxygens (including phenoxy) is 1. The lowest BCUT2D eigenvalue weighted by atomic mass is 10.0. The minimum atomic E-state index is -0.0686. The van der Waals surface area contributed by atoms with Crippen LogP contribution in [-0.2, 0) is 4.74 Å². The van der Waals surface area contributed by atoms with E-state index in [0.29, 0.717) is 18.0 Å². The first-order valence-corrected chi connectivity index (χ1v) is 7.10. The van der Waals surface area contributed by atoms with Crippen LogP contribution in [0.25, 0.3) is 0 Å². The van der Waals surface area contributed by atoms with E-state index in [2.05, 4.69) is 17.2 Å². The van der Waals surface area contributed by atoms with Crippen LogP contribution in [0, 0.1) is 5.92 Å². The predicted molar refractivity (Wildman–Crippen MR) is 81.0 cm³/mol. The molecule has 1 heterocycles. The molecule has 0 radical (unpaired) electrons. The molecule has 0 aliphatic carbocycles. The van der Waals surface area contributed by atoms with Gasteiger partial charge >= 0.3 is 0 Å². The Bertz CT molecular complexity index is 436. The molecule has 1 aliphatic rings. The summed E-state index contributed by atoms with van der Waals surface area (Å²) in [6.45, 7) is 6.77. The Morgan fingerprint density at radius 1 is 1.30 bits per heavy atom. The fourth-order valence-electron chi connectivity index (χ4n) is 2.22. The van der Waals surface area contributed by atoms with Gasteiger partial charge in [0.05, 0.1) is 0 Å². The number of carbonyl (C=O) groups is 1. The molecule has 4 heteroatoms. The summed E-state index contributed by atoms with van der Waals surface area (Å²) in [6.07, 6.45) is 3.91. The van der Waals surface area contributed by atoms with Crippen molar-refractivity contribution in [1.29, 1.82) is 0 Å². The Kier molecular flexibility index (Phi) is 5.62. The summed E-state index contributed by atoms with van der Waals surface area (Å²) < 4.78 is 5.35. The zero-order valence-corrected chi connectivity index (χ0v) is 11.7. The van der Waals surface area contributed by atoms with E-state index >= 15 is 0 Å². The van der Waals surface area contributed by atoms with Crippen LogP contribution < -0.4 is 10.6 Å². The molecule has 1 amide bonds. The number of nitrogens with one attached hydrogen (secondary N) is 2. The largest absolute Gasteiger partial charge is 0.385 e. The molecule has 0 unspecified atom stereocenters. The first kappa shape index (κ1) is 14.6. The smallest absolute Gasteiger partial charge is 0.251 e. The molecule has 20 heavy (non-hydrogen) atoms. The number of anilines is 1. The third-order valence-corrected chi connectivity index (χ3v) is 3.49. The average molecular weight is 274 g/mol. The first-order valence-electron chi connectivity index (χ1n) is 7.10. The summed E-state index contributed by atoms with van der Waals surface area (Å²) >= 11 is 0. The topological polar surface area (TPSA) is 50.4 Å². The molecule has 1 aromatic rings. The molecule has 1 saturated heterocycles. The summed E-state index contributed by atoms with van der Waals surface area (Å²) in [5.74, 6) is 0.611. The zero-order chi connectivity index (χ0) is 14.2. The molecular weight excluding hydrogens is 252 g/mol. The van der Waals surface area contributed by atoms with Gasteiger partial charge in [-0.1, -0.05) is 6.08 Å². The van der Waals surface area contributed by atoms with Crippen molar-refractivity contribution >= 4 is 11.6 Å². The van der Waals surface area contributed by atoms with E-state index in [0.717, 1.165) is 38.3 Å². The second-order valence-electron chi connectivity index (χ2n) is 5.01. The third kappa shape index (κ3) is 4.38. The molecule has 0 spiro atoms. The van der Waals surface area contributed by atoms with Crippen LogP contribution in [0.4, 0.5) is 5.69 Å². The van der Waals surface area contributed by atoms with Crippen LogP contribution in [0.5, 0.6) is 0 Å². The highest BCUT2D eigenvalue weighted by molar-refractivity contribution is 5.94. The molecule has 108 valence electrons. The van der Waals surface area contributed by atoms with Gasteiger partial charge < -0.3 is 15.4 Å². The quantitative estimate of drug-likeness (QED) is 0.783. The third-order valence-electron chi connectivity index (χ3n) is 3.49. The van der Waals surface area contributed by atoms with E-state index in [1.807, 2.05) is 24.3 Å². The van der Waals surface area contributed by atoms with Crippen LogP contribution in [-0.4, -0.2) is 32.2 Å². The standard InChI is InChI=1S/C16H22N2O2/c1-2-9-17-16(19)14-3-5-15(6-4-14)18-12-13-7-10-20-11-8-13/h2-6,13,18H,1,7-12H2,(H,17,19). The highest BCUT2D eigenvalue weighted by Crippen LogP contribution is 2.16. The van der Waals surface area contributed by atoms with Gasteiger partial charge in [0.1, 0.15) is 0 Å². The second-order valence-corrected chi connectivity index (χ2v) is 5.01. The summed E-state index contributed by atoms with van der Waals surface area (Å²) in [7, 11) is 0. The fourth-order valence-corrected chi connectivity index (χ4v) is 2.22. The van der Waals surface area contributed by atoms with Gasteiger partial charge in [-0.3, -0.25) is 4.79 Å². The minimum Gasteiger partial charge on any atom is -0.385 e. The lowest BCUT2D eigenvalue weighted by Crippen LogP contribution is -2.23. The van der Waals surface area contributed by atoms with Crippen LogP contribution in [0.1, 0.15) is 23.2 Å². The van der Waals surface area contributed by atoms with Crippen LogP contribution in [0.15, 0.2) is 36.9 Å². The van der Waals surface area contributed by atoms with Crippen molar-refractivity contribution in [3.8, 4) is 0 Å². The van der Waals surface area contributed by atoms with Crippen molar-refractivity contribution < 1.29 is 9.53 Å². The van der Waals surface area contributed by atoms with E-state index in [1.165, 1.54) is 0 Å². The number of carbonyl (C=O) groups excluding carboxylic acids is 1. The lowest BCUT2D eigenvalue weighted by molar-refractivity contribution is 0.0699. The molecule has 0 saturated carbocycles. The van der Waals surface area contributed by atoms with Gasteiger partial charge in [0.15, 0.2) is 0 Å². The highest BCUT2D eigenvalue weighted by atomic mass is 16.5. The van der Waals surface area contributed by atoms with Gasteiger partial charge in [-0.15, -0.1) is 6.58 Å². The predicted octanol–water partition coefficient (Wildman–Crippen LogP) is 2.44. The summed E-state index contributed by atoms with van der Waals surface area (Å²) in [5.41, 5.74) is 1.72. The normalized spacial score (nSPS) is 15.6. The van der Waals surface area contributed by atoms with Crippen molar-refractivity contribution in [2.24, 2.45) is 5.92 Å². The molecule has 0 bridgehead atoms. The van der Waals surface area contributed by atoms with Gasteiger partial charge in [0, 0.05) is 37.6 Å². The maximum Gasteiger partial charge on any atom is 0.251 e. The van der Waals surface area contributed by atoms with E-state index in [4.69, 9.17) is 4.74 Å². The maximum atomic E-state index is 11.7. The molecular formula is C16H22N2O2. The summed E-state index contributed by atoms with van der Waals surface area (Å²) in [5, 5.41) is 6.18. The highest BCUT2D eigenvalue weighted by Gasteiger charge is 2.13. The summed E-state index contributed by atoms with van der Waals surface area (Å²) in [4.78, 5) is 11.7. The molecule has 0 atom stereocenters. The van der Waals surface area contributed by atoms with Crippen molar-refractivity contribution in [2.75, 3.05) is 31.6 Å². The number of rotatable bonds is 6. The van der Waals surface area contributed by atoms with Gasteiger partial charge in [0.2, 0.25) is 0 Å². The van der Waals surface area contributed by atoms with Gasteiger partial charge in [-0.25, -0.2) is 0 Å². The number of amides is 1. The lowest BCUT2D eigenvalue weighted by Gasteiger charge is -2.22. The molecule has 2 N–H and O–H groups in total. The van der Waals surface area contributed by atoms with Gasteiger partial charge in [0.25, 0.3) is 5.91 Å². The van der Waals surface area contributed by atoms with Crippen LogP contribution in [0.3, 0.4) is 0 Å². The molecule has 1 aromatic carbocycles. The van der Waals surface area contributed by atoms with E-state index in [9.17, 15) is 4.79 Å². The fraction of sp³-hybridized carbons (Fsp3) is 0.438. The van der Waals surface area contributed by atoms with Crippen molar-refractivity contribution in [1.82, 2.24) is 5.32 Å². The van der Waals surface area contributed by atoms with Crippen LogP contribution in [0.2, 0.25) is 0 Å². The SMILES string of the molecule is C=CCNC(=O)c1ccc(NCC2CCOCC2)cc1. The van der Waals surface area contributed by atoms with Gasteiger partial charge in [-0.05, 0) is 43.0 Å². The molecule has 1 fully saturated rings. The Morgan fingerprint density at radius 3 is 2.65 bits per heavy atom. The Morgan fingerprint density at radius 2 is 2.00 bits per heavy atom. The molecule has 2 rings (SSSR count). The average Bonchev–Trinajstić information content (AvgIpc) is 2.52. The monoisotopic (exact) mass is 274 g/mol. The van der Waals surface area contributed by atoms with Gasteiger partial charge in [-0.2, -0.15) is 0 Å². The van der Waals surface area contributed by atoms with Crippen molar-refractivity contribution in [2.45, 2.75) is 12.8 Å². The van der Waals surface area contributed by atoms with Crippen molar-refractivity contribution in [3.63, 3.8) is 0 Å². The van der Waals surface area contributed by atoms with E-state index < -0.39 is 0 Å². The summed E-state index contributed by atoms with van der Waals surface area (Å²) in [6, 6.07) is 7.57. The Labute approximate surface area is 120 Å². The number of hydrogen-bond donors (Lipinski definition) is 2. The van der Waals surface area contributed by atoms with Crippen LogP contribution >= 0.6 is 0 Å². The van der Waals surface area contributed by atoms with E-state index in [-0.39, 0.29) is 5.91 Å². The molecule has 4 nitrogen and oxygen atoms in total. The second kappa shape index (κ2) is 7.70. The minimum absolute atomic E-state index is 0.0686. The first-order chi connectivity index (χ1) is 9.79. The Balaban J connectivity index is 1.81. The molecule has 1 aliphatic heterocycles. The van der Waals surface area contributed by atoms with E-state index in [1.54, 1.807) is 6.08 Å². The maximum absolute atomic E-state index is 11.7. The number of benzene rings is 1. The molecule has 0 aromatic heterocycles. The Hall–Kier alpha value is -1.81. The number of hydrogen-bond acceptors (Lipinski definition) is 3. The van der Waals surface area contributed by atoms with Crippen molar-refractivity contribution in [3.05, 3.63) is 42.5 Å².